The quantitative estimate of drug-likeness (QED) is 0.175. The average molecular weight is 466 g/mol. The van der Waals surface area contributed by atoms with E-state index in [0.29, 0.717) is 0 Å². The van der Waals surface area contributed by atoms with Gasteiger partial charge in [-0.1, -0.05) is 28.1 Å². The minimum atomic E-state index is 1.06. The zero-order chi connectivity index (χ0) is 18.9. The summed E-state index contributed by atoms with van der Waals surface area (Å²) < 4.78 is 2.50. The molecule has 0 bridgehead atoms. The molecular weight excluding hydrogens is 446 g/mol. The number of unbranched alkanes of at least 4 members (excludes halogenated alkanes) is 1. The Bertz CT molecular complexity index is 1130. The highest BCUT2D eigenvalue weighted by atomic mass is 79.9. The van der Waals surface area contributed by atoms with Crippen LogP contribution in [0.3, 0.4) is 0 Å². The van der Waals surface area contributed by atoms with E-state index in [-0.39, 0.29) is 0 Å². The summed E-state index contributed by atoms with van der Waals surface area (Å²) >= 11 is 7.08. The summed E-state index contributed by atoms with van der Waals surface area (Å²) in [5.41, 5.74) is 7.89. The van der Waals surface area contributed by atoms with Crippen LogP contribution in [-0.4, -0.2) is 9.90 Å². The number of rotatable bonds is 6. The molecule has 3 heterocycles. The number of nitrogens with zero attached hydrogens (tertiary/aromatic N) is 1. The highest BCUT2D eigenvalue weighted by molar-refractivity contribution is 9.09. The van der Waals surface area contributed by atoms with Crippen LogP contribution < -0.4 is 0 Å². The van der Waals surface area contributed by atoms with Crippen LogP contribution in [0.15, 0.2) is 70.1 Å². The molecule has 0 aliphatic heterocycles. The Morgan fingerprint density at radius 3 is 1.71 bits per heavy atom. The first-order valence-electron chi connectivity index (χ1n) is 9.52. The Labute approximate surface area is 181 Å². The second-order valence-corrected chi connectivity index (χ2v) is 9.39. The van der Waals surface area contributed by atoms with Crippen LogP contribution in [0.1, 0.15) is 12.8 Å². The van der Waals surface area contributed by atoms with Gasteiger partial charge in [0, 0.05) is 33.7 Å². The summed E-state index contributed by atoms with van der Waals surface area (Å²) in [6.45, 7) is 1.06. The van der Waals surface area contributed by atoms with Crippen LogP contribution in [0, 0.1) is 0 Å². The van der Waals surface area contributed by atoms with Crippen LogP contribution in [0.2, 0.25) is 0 Å². The lowest BCUT2D eigenvalue weighted by Crippen LogP contribution is -1.98. The molecule has 0 saturated heterocycles. The Morgan fingerprint density at radius 2 is 1.25 bits per heavy atom. The van der Waals surface area contributed by atoms with Crippen molar-refractivity contribution in [3.05, 3.63) is 70.1 Å². The molecule has 140 valence electrons. The lowest BCUT2D eigenvalue weighted by molar-refractivity contribution is 0.670. The van der Waals surface area contributed by atoms with Gasteiger partial charge in [-0.3, -0.25) is 0 Å². The Balaban J connectivity index is 1.73. The molecule has 4 heteroatoms. The van der Waals surface area contributed by atoms with Gasteiger partial charge < -0.3 is 4.57 Å². The van der Waals surface area contributed by atoms with Crippen LogP contribution in [-0.2, 0) is 6.54 Å². The molecule has 0 spiro atoms. The van der Waals surface area contributed by atoms with E-state index in [1.807, 2.05) is 0 Å². The van der Waals surface area contributed by atoms with E-state index in [0.717, 1.165) is 11.9 Å². The largest absolute Gasteiger partial charge is 0.340 e. The number of aryl methyl sites for hydroxylation is 1. The third-order valence-corrected chi connectivity index (χ3v) is 7.27. The van der Waals surface area contributed by atoms with E-state index in [1.54, 1.807) is 22.7 Å². The van der Waals surface area contributed by atoms with Gasteiger partial charge in [0.25, 0.3) is 0 Å². The predicted molar refractivity (Wildman–Crippen MR) is 129 cm³/mol. The van der Waals surface area contributed by atoms with Gasteiger partial charge in [0.2, 0.25) is 0 Å². The van der Waals surface area contributed by atoms with Gasteiger partial charge in [0.1, 0.15) is 0 Å². The molecule has 2 aromatic carbocycles. The molecule has 0 radical (unpaired) electrons. The summed E-state index contributed by atoms with van der Waals surface area (Å²) in [7, 11) is 0. The van der Waals surface area contributed by atoms with E-state index < -0.39 is 0 Å². The molecule has 5 rings (SSSR count). The molecule has 3 aromatic heterocycles. The molecule has 28 heavy (non-hydrogen) atoms. The zero-order valence-electron chi connectivity index (χ0n) is 15.4. The molecule has 1 nitrogen and oxygen atoms in total. The number of hydrogen-bond acceptors (Lipinski definition) is 2. The maximum atomic E-state index is 3.57. The minimum Gasteiger partial charge on any atom is -0.340 e. The lowest BCUT2D eigenvalue weighted by atomic mass is 10.0. The second-order valence-electron chi connectivity index (χ2n) is 7.04. The van der Waals surface area contributed by atoms with Crippen molar-refractivity contribution in [1.82, 2.24) is 4.57 Å². The first kappa shape index (κ1) is 18.2. The Hall–Kier alpha value is -1.88. The molecule has 0 N–H and O–H groups in total. The number of thiophene rings is 2. The topological polar surface area (TPSA) is 4.93 Å². The van der Waals surface area contributed by atoms with Crippen molar-refractivity contribution in [2.24, 2.45) is 0 Å². The van der Waals surface area contributed by atoms with Crippen molar-refractivity contribution in [2.45, 2.75) is 19.4 Å². The van der Waals surface area contributed by atoms with Gasteiger partial charge >= 0.3 is 0 Å². The summed E-state index contributed by atoms with van der Waals surface area (Å²) in [4.78, 5) is 0. The third kappa shape index (κ3) is 3.24. The van der Waals surface area contributed by atoms with Crippen LogP contribution in [0.4, 0.5) is 0 Å². The Morgan fingerprint density at radius 1 is 0.679 bits per heavy atom. The van der Waals surface area contributed by atoms with Crippen molar-refractivity contribution in [3.63, 3.8) is 0 Å². The Kier molecular flexibility index (Phi) is 5.10. The lowest BCUT2D eigenvalue weighted by Gasteiger charge is -2.07. The summed E-state index contributed by atoms with van der Waals surface area (Å²) in [6.07, 6.45) is 2.38. The highest BCUT2D eigenvalue weighted by Crippen LogP contribution is 2.36. The first-order valence-corrected chi connectivity index (χ1v) is 12.5. The van der Waals surface area contributed by atoms with E-state index in [4.69, 9.17) is 0 Å². The number of alkyl halides is 1. The first-order chi connectivity index (χ1) is 13.8. The van der Waals surface area contributed by atoms with Crippen LogP contribution in [0.25, 0.3) is 44.1 Å². The second kappa shape index (κ2) is 7.86. The molecule has 0 fully saturated rings. The number of benzene rings is 2. The SMILES string of the molecule is BrCCCCn1c2ccc(-c3ccsc3)cc2c2cc(-c3ccsc3)ccc21. The maximum Gasteiger partial charge on any atom is 0.0491 e. The van der Waals surface area contributed by atoms with Gasteiger partial charge in [0.15, 0.2) is 0 Å². The van der Waals surface area contributed by atoms with E-state index in [1.165, 1.54) is 56.9 Å². The monoisotopic (exact) mass is 465 g/mol. The predicted octanol–water partition coefficient (Wildman–Crippen LogP) is 8.43. The fourth-order valence-corrected chi connectivity index (χ4v) is 5.65. The molecular formula is C24H20BrNS2. The molecule has 0 amide bonds. The average Bonchev–Trinajstić information content (AvgIpc) is 3.49. The van der Waals surface area contributed by atoms with Gasteiger partial charge in [-0.15, -0.1) is 0 Å². The number of hydrogen-bond donors (Lipinski definition) is 0. The molecule has 0 unspecified atom stereocenters. The summed E-state index contributed by atoms with van der Waals surface area (Å²) in [5.74, 6) is 0. The summed E-state index contributed by atoms with van der Waals surface area (Å²) in [5, 5.41) is 12.5. The van der Waals surface area contributed by atoms with Crippen LogP contribution in [0.5, 0.6) is 0 Å². The van der Waals surface area contributed by atoms with Crippen molar-refractivity contribution < 1.29 is 0 Å². The minimum absolute atomic E-state index is 1.06. The van der Waals surface area contributed by atoms with Crippen molar-refractivity contribution in [1.29, 1.82) is 0 Å². The van der Waals surface area contributed by atoms with Gasteiger partial charge in [-0.25, -0.2) is 0 Å². The molecule has 0 saturated carbocycles. The fourth-order valence-electron chi connectivity index (χ4n) is 3.93. The molecule has 0 atom stereocenters. The smallest absolute Gasteiger partial charge is 0.0491 e. The number of aromatic nitrogens is 1. The molecule has 5 aromatic rings. The highest BCUT2D eigenvalue weighted by Gasteiger charge is 2.13. The number of halogens is 1. The normalized spacial score (nSPS) is 11.6. The molecule has 0 aliphatic rings. The molecule has 0 aliphatic carbocycles. The van der Waals surface area contributed by atoms with Crippen molar-refractivity contribution >= 4 is 60.4 Å². The van der Waals surface area contributed by atoms with Crippen molar-refractivity contribution in [3.8, 4) is 22.3 Å². The fraction of sp³-hybridized carbons (Fsp3) is 0.167. The standard InChI is InChI=1S/C24H20BrNS2/c25-9-1-2-10-26-23-5-3-17(19-7-11-27-15-19)13-21(23)22-14-18(4-6-24(22)26)20-8-12-28-16-20/h3-8,11-16H,1-2,9-10H2. The summed E-state index contributed by atoms with van der Waals surface area (Å²) in [6, 6.07) is 18.3. The van der Waals surface area contributed by atoms with Crippen molar-refractivity contribution in [2.75, 3.05) is 5.33 Å². The van der Waals surface area contributed by atoms with Gasteiger partial charge in [0.05, 0.1) is 0 Å². The van der Waals surface area contributed by atoms with Crippen LogP contribution >= 0.6 is 38.6 Å². The van der Waals surface area contributed by atoms with Gasteiger partial charge in [-0.05, 0) is 93.0 Å². The third-order valence-electron chi connectivity index (χ3n) is 5.34. The zero-order valence-corrected chi connectivity index (χ0v) is 18.6. The van der Waals surface area contributed by atoms with E-state index in [9.17, 15) is 0 Å². The van der Waals surface area contributed by atoms with E-state index >= 15 is 0 Å². The maximum absolute atomic E-state index is 3.57. The van der Waals surface area contributed by atoms with Gasteiger partial charge in [-0.2, -0.15) is 22.7 Å². The van der Waals surface area contributed by atoms with E-state index in [2.05, 4.69) is 90.5 Å². The number of fused-ring (bicyclic) bond motifs is 3.